The number of halogens is 2. The first-order chi connectivity index (χ1) is 22.5. The Hall–Kier alpha value is -5.33. The van der Waals surface area contributed by atoms with Gasteiger partial charge in [0.05, 0.1) is 29.0 Å². The second kappa shape index (κ2) is 11.5. The number of rotatable bonds is 3. The van der Waals surface area contributed by atoms with Gasteiger partial charge in [-0.1, -0.05) is 37.8 Å². The van der Waals surface area contributed by atoms with Crippen LogP contribution in [0.3, 0.4) is 0 Å². The molecule has 4 bridgehead atoms. The van der Waals surface area contributed by atoms with E-state index < -0.39 is 17.3 Å². The van der Waals surface area contributed by atoms with Crippen LogP contribution in [0, 0.1) is 11.6 Å². The van der Waals surface area contributed by atoms with Gasteiger partial charge >= 0.3 is 5.69 Å². The topological polar surface area (TPSA) is 115 Å². The average Bonchev–Trinajstić information content (AvgIpc) is 3.48. The maximum Gasteiger partial charge on any atom is 0.355 e. The van der Waals surface area contributed by atoms with Gasteiger partial charge in [0.2, 0.25) is 5.91 Å². The summed E-state index contributed by atoms with van der Waals surface area (Å²) in [5.41, 5.74) is 2.07. The summed E-state index contributed by atoms with van der Waals surface area (Å²) < 4.78 is 35.1. The molecule has 0 spiro atoms. The zero-order valence-corrected chi connectivity index (χ0v) is 26.5. The van der Waals surface area contributed by atoms with Crippen molar-refractivity contribution >= 4 is 22.8 Å². The normalized spacial score (nSPS) is 17.6. The molecule has 0 radical (unpaired) electrons. The van der Waals surface area contributed by atoms with Crippen molar-refractivity contribution in [2.75, 3.05) is 18.0 Å². The molecule has 240 valence electrons. The molecule has 0 N–H and O–H groups in total. The quantitative estimate of drug-likeness (QED) is 0.263. The number of aromatic nitrogens is 7. The van der Waals surface area contributed by atoms with Crippen LogP contribution >= 0.6 is 0 Å². The highest BCUT2D eigenvalue weighted by molar-refractivity contribution is 5.91. The summed E-state index contributed by atoms with van der Waals surface area (Å²) in [7, 11) is 0. The van der Waals surface area contributed by atoms with Crippen molar-refractivity contribution < 1.29 is 13.6 Å². The number of fused-ring (bicyclic) bond motifs is 7. The summed E-state index contributed by atoms with van der Waals surface area (Å²) >= 11 is 0. The van der Waals surface area contributed by atoms with Crippen LogP contribution < -0.4 is 10.6 Å². The van der Waals surface area contributed by atoms with Crippen molar-refractivity contribution in [3.05, 3.63) is 100 Å². The molecular weight excluding hydrogens is 604 g/mol. The molecule has 0 unspecified atom stereocenters. The maximum atomic E-state index is 16.4. The highest BCUT2D eigenvalue weighted by atomic mass is 19.1. The van der Waals surface area contributed by atoms with E-state index in [0.717, 1.165) is 5.56 Å². The van der Waals surface area contributed by atoms with E-state index in [1.54, 1.807) is 34.1 Å². The second-order valence-corrected chi connectivity index (χ2v) is 12.5. The number of carbonyl (C=O) groups excluding carboxylic acids is 1. The second-order valence-electron chi connectivity index (χ2n) is 12.5. The summed E-state index contributed by atoms with van der Waals surface area (Å²) in [6.07, 6.45) is 5.03. The monoisotopic (exact) mass is 637 g/mol. The number of hydrogen-bond acceptors (Lipinski definition) is 8. The summed E-state index contributed by atoms with van der Waals surface area (Å²) in [4.78, 5) is 44.6. The predicted molar refractivity (Wildman–Crippen MR) is 172 cm³/mol. The Kier molecular flexibility index (Phi) is 7.41. The molecule has 7 rings (SSSR count). The molecule has 47 heavy (non-hydrogen) atoms. The van der Waals surface area contributed by atoms with Crippen molar-refractivity contribution in [1.82, 2.24) is 39.4 Å². The van der Waals surface area contributed by atoms with E-state index in [-0.39, 0.29) is 58.6 Å². The van der Waals surface area contributed by atoms with Crippen LogP contribution in [0.5, 0.6) is 0 Å². The lowest BCUT2D eigenvalue weighted by Gasteiger charge is -2.44. The van der Waals surface area contributed by atoms with Gasteiger partial charge in [0.1, 0.15) is 23.1 Å². The molecule has 13 heteroatoms. The molecule has 1 aromatic carbocycles. The van der Waals surface area contributed by atoms with Gasteiger partial charge in [-0.3, -0.25) is 9.78 Å². The molecule has 1 saturated heterocycles. The van der Waals surface area contributed by atoms with E-state index in [1.165, 1.54) is 22.8 Å². The van der Waals surface area contributed by atoms with E-state index >= 15 is 8.78 Å². The number of carbonyl (C=O) groups is 1. The minimum Gasteiger partial charge on any atom is -0.349 e. The van der Waals surface area contributed by atoms with E-state index in [2.05, 4.69) is 26.9 Å². The molecule has 1 amide bonds. The number of pyridine rings is 2. The van der Waals surface area contributed by atoms with Crippen LogP contribution in [0.4, 0.5) is 14.6 Å². The SMILES string of the molecule is C=CC(=O)N1C[C@H](C)N(c2nc(=O)n3c4nc(c(F)cc24)-c2c(F)cccc2Cn2cc(nn2)Cc2ccnc(C(C)C)c2-3)C[C@H]1C. The van der Waals surface area contributed by atoms with Gasteiger partial charge in [0.15, 0.2) is 5.65 Å². The molecule has 2 aliphatic heterocycles. The Bertz CT molecular complexity index is 2140. The van der Waals surface area contributed by atoms with Crippen molar-refractivity contribution in [3.63, 3.8) is 0 Å². The number of nitrogens with zero attached hydrogens (tertiary/aromatic N) is 9. The van der Waals surface area contributed by atoms with Crippen LogP contribution in [0.15, 0.2) is 60.2 Å². The molecular formula is C34H33F2N9O2. The first kappa shape index (κ1) is 30.3. The van der Waals surface area contributed by atoms with Crippen LogP contribution in [0.25, 0.3) is 28.0 Å². The number of anilines is 1. The molecule has 2 atom stereocenters. The molecule has 5 aromatic rings. The average molecular weight is 638 g/mol. The number of hydrogen-bond donors (Lipinski definition) is 0. The number of benzene rings is 1. The van der Waals surface area contributed by atoms with Gasteiger partial charge in [-0.05, 0) is 55.2 Å². The van der Waals surface area contributed by atoms with Crippen LogP contribution in [0.1, 0.15) is 56.1 Å². The zero-order chi connectivity index (χ0) is 33.1. The highest BCUT2D eigenvalue weighted by Crippen LogP contribution is 2.36. The molecule has 11 nitrogen and oxygen atoms in total. The third-order valence-corrected chi connectivity index (χ3v) is 8.95. The Labute approximate surface area is 269 Å². The van der Waals surface area contributed by atoms with Gasteiger partial charge < -0.3 is 9.80 Å². The van der Waals surface area contributed by atoms with Gasteiger partial charge in [0, 0.05) is 49.6 Å². The van der Waals surface area contributed by atoms with E-state index in [4.69, 9.17) is 4.98 Å². The zero-order valence-electron chi connectivity index (χ0n) is 26.5. The molecule has 6 heterocycles. The summed E-state index contributed by atoms with van der Waals surface area (Å²) in [6, 6.07) is 7.06. The van der Waals surface area contributed by atoms with Crippen molar-refractivity contribution in [2.45, 2.75) is 58.7 Å². The molecule has 2 aliphatic rings. The minimum absolute atomic E-state index is 0.0328. The Morgan fingerprint density at radius 3 is 2.64 bits per heavy atom. The molecule has 0 saturated carbocycles. The number of piperazine rings is 1. The predicted octanol–water partition coefficient (Wildman–Crippen LogP) is 4.40. The fourth-order valence-electron chi connectivity index (χ4n) is 6.72. The Morgan fingerprint density at radius 1 is 1.06 bits per heavy atom. The van der Waals surface area contributed by atoms with Gasteiger partial charge in [-0.2, -0.15) is 4.98 Å². The highest BCUT2D eigenvalue weighted by Gasteiger charge is 2.34. The largest absolute Gasteiger partial charge is 0.355 e. The first-order valence-electron chi connectivity index (χ1n) is 15.5. The third-order valence-electron chi connectivity index (χ3n) is 8.95. The van der Waals surface area contributed by atoms with Gasteiger partial charge in [-0.15, -0.1) is 5.10 Å². The van der Waals surface area contributed by atoms with Crippen molar-refractivity contribution in [3.8, 4) is 16.9 Å². The van der Waals surface area contributed by atoms with Gasteiger partial charge in [0.25, 0.3) is 0 Å². The van der Waals surface area contributed by atoms with Crippen molar-refractivity contribution in [1.29, 1.82) is 0 Å². The van der Waals surface area contributed by atoms with Crippen LogP contribution in [-0.4, -0.2) is 70.5 Å². The van der Waals surface area contributed by atoms with Crippen LogP contribution in [0.2, 0.25) is 0 Å². The van der Waals surface area contributed by atoms with Crippen molar-refractivity contribution in [2.24, 2.45) is 0 Å². The Balaban J connectivity index is 1.57. The molecule has 1 fully saturated rings. The van der Waals surface area contributed by atoms with Gasteiger partial charge in [-0.25, -0.2) is 27.8 Å². The Morgan fingerprint density at radius 2 is 1.87 bits per heavy atom. The first-order valence-corrected chi connectivity index (χ1v) is 15.5. The lowest BCUT2D eigenvalue weighted by atomic mass is 10.0. The third kappa shape index (κ3) is 5.06. The minimum atomic E-state index is -0.775. The fraction of sp³-hybridized carbons (Fsp3) is 0.324. The lowest BCUT2D eigenvalue weighted by molar-refractivity contribution is -0.128. The van der Waals surface area contributed by atoms with E-state index in [0.29, 0.717) is 42.1 Å². The molecule has 0 aliphatic carbocycles. The van der Waals surface area contributed by atoms with E-state index in [1.807, 2.05) is 38.7 Å². The lowest BCUT2D eigenvalue weighted by Crippen LogP contribution is -2.58. The maximum absolute atomic E-state index is 16.4. The fourth-order valence-corrected chi connectivity index (χ4v) is 6.72. The van der Waals surface area contributed by atoms with Crippen LogP contribution in [-0.2, 0) is 17.8 Å². The summed E-state index contributed by atoms with van der Waals surface area (Å²) in [5.74, 6) is -1.52. The number of amides is 1. The van der Waals surface area contributed by atoms with E-state index in [9.17, 15) is 9.59 Å². The smallest absolute Gasteiger partial charge is 0.349 e. The molecule has 4 aromatic heterocycles. The summed E-state index contributed by atoms with van der Waals surface area (Å²) in [5, 5.41) is 8.87. The standard InChI is InChI=1S/C34H33F2N9O2/c1-6-27(46)43-14-20(5)44(15-19(43)4)32-24-13-26(36)30-28-22(8-7-9-25(28)35)16-42-17-23(40-41-42)12-21-10-11-37-29(18(2)3)31(21)45(33(24)38-30)34(47)39-32/h6-11,13,17-20H,1,12,14-16H2,2-5H3/t19-,20+/m1/s1. The summed E-state index contributed by atoms with van der Waals surface area (Å²) in [6.45, 7) is 12.2.